The van der Waals surface area contributed by atoms with Crippen LogP contribution in [0, 0.1) is 29.4 Å². The Morgan fingerprint density at radius 3 is 2.20 bits per heavy atom. The highest BCUT2D eigenvalue weighted by Gasteiger charge is 2.57. The van der Waals surface area contributed by atoms with Gasteiger partial charge in [0.1, 0.15) is 29.9 Å². The van der Waals surface area contributed by atoms with Gasteiger partial charge in [0.25, 0.3) is 5.91 Å². The number of aromatic nitrogens is 4. The average molecular weight is 1150 g/mol. The SMILES string of the molecule is Cc1ncsc1-c1ccc([C@H](C)NC(=O)[C@@H]2C[C@@H](O)CN2C(=O)[C@@H](NC(=O)COCCOCCOCCNC(=O)c2ccc(NC(=O)C3(C(=O)Nc4cc(F)c(Oc5ccnc(-c6cnn(C)c6)c5)cc4F)CC3)cc2)C(C)(C)C)cc1. The molecule has 21 nitrogen and oxygen atoms in total. The zero-order chi connectivity index (χ0) is 58.7. The molecule has 1 aliphatic carbocycles. The number of pyridine rings is 1. The number of rotatable bonds is 25. The highest BCUT2D eigenvalue weighted by molar-refractivity contribution is 7.13. The Morgan fingerprint density at radius 1 is 0.841 bits per heavy atom. The van der Waals surface area contributed by atoms with E-state index < -0.39 is 87.5 Å². The second-order valence-electron chi connectivity index (χ2n) is 21.1. The van der Waals surface area contributed by atoms with Crippen molar-refractivity contribution in [3.8, 4) is 33.2 Å². The number of carbonyl (C=O) groups is 6. The first-order valence-corrected chi connectivity index (χ1v) is 27.5. The van der Waals surface area contributed by atoms with Crippen LogP contribution in [0.15, 0.2) is 96.9 Å². The van der Waals surface area contributed by atoms with Crippen molar-refractivity contribution < 1.29 is 61.6 Å². The maximum absolute atomic E-state index is 15.2. The summed E-state index contributed by atoms with van der Waals surface area (Å²) in [5.74, 6) is -5.45. The summed E-state index contributed by atoms with van der Waals surface area (Å²) in [5, 5.41) is 28.3. The van der Waals surface area contributed by atoms with Crippen molar-refractivity contribution >= 4 is 58.2 Å². The summed E-state index contributed by atoms with van der Waals surface area (Å²) in [7, 11) is 1.75. The average Bonchev–Trinajstić information content (AvgIpc) is 3.82. The summed E-state index contributed by atoms with van der Waals surface area (Å²) in [6.45, 7) is 9.77. The van der Waals surface area contributed by atoms with Crippen LogP contribution in [0.1, 0.15) is 74.6 Å². The Kier molecular flexibility index (Phi) is 19.6. The van der Waals surface area contributed by atoms with Crippen LogP contribution in [-0.2, 0) is 45.2 Å². The maximum atomic E-state index is 15.2. The molecule has 434 valence electrons. The number of carbonyl (C=O) groups excluding carboxylic acids is 6. The minimum Gasteiger partial charge on any atom is -0.454 e. The number of anilines is 2. The van der Waals surface area contributed by atoms with E-state index in [4.69, 9.17) is 18.9 Å². The van der Waals surface area contributed by atoms with Crippen molar-refractivity contribution in [2.45, 2.75) is 78.1 Å². The third kappa shape index (κ3) is 15.3. The highest BCUT2D eigenvalue weighted by atomic mass is 32.1. The summed E-state index contributed by atoms with van der Waals surface area (Å²) >= 11 is 1.55. The molecule has 0 bridgehead atoms. The normalized spacial score (nSPS) is 16.2. The van der Waals surface area contributed by atoms with Crippen molar-refractivity contribution in [1.82, 2.24) is 40.6 Å². The van der Waals surface area contributed by atoms with Crippen LogP contribution in [0.2, 0.25) is 0 Å². The van der Waals surface area contributed by atoms with Gasteiger partial charge in [-0.1, -0.05) is 45.0 Å². The molecule has 6 aromatic rings. The van der Waals surface area contributed by atoms with Gasteiger partial charge >= 0.3 is 0 Å². The van der Waals surface area contributed by atoms with Crippen LogP contribution in [0.3, 0.4) is 0 Å². The number of ether oxygens (including phenoxy) is 4. The monoisotopic (exact) mass is 1150 g/mol. The topological polar surface area (TPSA) is 267 Å². The molecule has 3 aromatic heterocycles. The van der Waals surface area contributed by atoms with Crippen LogP contribution in [0.5, 0.6) is 11.5 Å². The number of thiazole rings is 1. The van der Waals surface area contributed by atoms with Gasteiger partial charge in [-0.15, -0.1) is 11.3 Å². The molecule has 6 N–H and O–H groups in total. The molecule has 1 saturated carbocycles. The summed E-state index contributed by atoms with van der Waals surface area (Å²) < 4.78 is 54.2. The molecule has 1 aliphatic heterocycles. The molecular formula is C58H66F2N10O11S. The van der Waals surface area contributed by atoms with Gasteiger partial charge < -0.3 is 55.5 Å². The van der Waals surface area contributed by atoms with Crippen LogP contribution < -0.4 is 31.3 Å². The van der Waals surface area contributed by atoms with Crippen molar-refractivity contribution in [2.24, 2.45) is 17.9 Å². The van der Waals surface area contributed by atoms with E-state index in [9.17, 15) is 33.9 Å². The molecule has 6 amide bonds. The maximum Gasteiger partial charge on any atom is 0.251 e. The summed E-state index contributed by atoms with van der Waals surface area (Å²) in [6, 6.07) is 16.1. The fraction of sp³-hybridized carbons (Fsp3) is 0.397. The van der Waals surface area contributed by atoms with E-state index >= 15 is 8.78 Å². The Morgan fingerprint density at radius 2 is 1.54 bits per heavy atom. The molecule has 4 heterocycles. The van der Waals surface area contributed by atoms with E-state index in [-0.39, 0.29) is 83.8 Å². The number of aliphatic hydroxyl groups excluding tert-OH is 1. The van der Waals surface area contributed by atoms with Crippen LogP contribution >= 0.6 is 11.3 Å². The van der Waals surface area contributed by atoms with Crippen LogP contribution in [0.25, 0.3) is 21.7 Å². The molecule has 4 atom stereocenters. The summed E-state index contributed by atoms with van der Waals surface area (Å²) in [5.41, 5.74) is 3.71. The number of aryl methyl sites for hydroxylation is 2. The van der Waals surface area contributed by atoms with E-state index in [2.05, 4.69) is 41.7 Å². The van der Waals surface area contributed by atoms with Crippen molar-refractivity contribution in [2.75, 3.05) is 63.4 Å². The molecule has 82 heavy (non-hydrogen) atoms. The molecule has 8 rings (SSSR count). The number of nitrogens with zero attached hydrogens (tertiary/aromatic N) is 5. The van der Waals surface area contributed by atoms with Gasteiger partial charge in [-0.3, -0.25) is 38.4 Å². The quantitative estimate of drug-likeness (QED) is 0.0264. The lowest BCUT2D eigenvalue weighted by Gasteiger charge is -2.35. The fourth-order valence-corrected chi connectivity index (χ4v) is 9.87. The second-order valence-corrected chi connectivity index (χ2v) is 22.0. The van der Waals surface area contributed by atoms with Crippen molar-refractivity contribution in [1.29, 1.82) is 0 Å². The number of β-amino-alcohol motifs (C(OH)–C–C–N with tert-alkyl or cyclic N) is 1. The molecule has 2 fully saturated rings. The molecule has 0 radical (unpaired) electrons. The van der Waals surface area contributed by atoms with Gasteiger partial charge in [-0.05, 0) is 73.6 Å². The highest BCUT2D eigenvalue weighted by Crippen LogP contribution is 2.48. The Hall–Kier alpha value is -8.03. The van der Waals surface area contributed by atoms with Gasteiger partial charge in [-0.25, -0.2) is 13.8 Å². The fourth-order valence-electron chi connectivity index (χ4n) is 9.06. The Labute approximate surface area is 476 Å². The van der Waals surface area contributed by atoms with E-state index in [1.165, 1.54) is 41.4 Å². The smallest absolute Gasteiger partial charge is 0.251 e. The summed E-state index contributed by atoms with van der Waals surface area (Å²) in [4.78, 5) is 91.1. The van der Waals surface area contributed by atoms with E-state index in [1.807, 2.05) is 38.1 Å². The Balaban J connectivity index is 0.686. The Bertz CT molecular complexity index is 3260. The molecule has 24 heteroatoms. The molecular weight excluding hydrogens is 1080 g/mol. The van der Waals surface area contributed by atoms with Gasteiger partial charge in [0.2, 0.25) is 29.5 Å². The van der Waals surface area contributed by atoms with Crippen molar-refractivity contribution in [3.05, 3.63) is 125 Å². The lowest BCUT2D eigenvalue weighted by molar-refractivity contribution is -0.144. The predicted molar refractivity (Wildman–Crippen MR) is 299 cm³/mol. The molecule has 1 saturated heterocycles. The zero-order valence-corrected chi connectivity index (χ0v) is 47.1. The number of halogens is 2. The van der Waals surface area contributed by atoms with Gasteiger partial charge in [0, 0.05) is 74.0 Å². The van der Waals surface area contributed by atoms with Crippen LogP contribution in [-0.4, -0.2) is 136 Å². The van der Waals surface area contributed by atoms with Crippen LogP contribution in [0.4, 0.5) is 20.2 Å². The zero-order valence-electron chi connectivity index (χ0n) is 46.3. The van der Waals surface area contributed by atoms with Gasteiger partial charge in [-0.2, -0.15) is 5.10 Å². The van der Waals surface area contributed by atoms with Gasteiger partial charge in [0.15, 0.2) is 17.4 Å². The molecule has 3 aromatic carbocycles. The van der Waals surface area contributed by atoms with E-state index in [0.29, 0.717) is 22.5 Å². The summed E-state index contributed by atoms with van der Waals surface area (Å²) in [6.07, 6.45) is 4.29. The third-order valence-corrected chi connectivity index (χ3v) is 14.8. The third-order valence-electron chi connectivity index (χ3n) is 13.8. The molecule has 0 unspecified atom stereocenters. The molecule has 0 spiro atoms. The number of benzene rings is 3. The van der Waals surface area contributed by atoms with Gasteiger partial charge in [0.05, 0.1) is 78.8 Å². The number of hydrogen-bond acceptors (Lipinski definition) is 15. The first-order chi connectivity index (χ1) is 39.2. The lowest BCUT2D eigenvalue weighted by Crippen LogP contribution is -2.58. The predicted octanol–water partition coefficient (Wildman–Crippen LogP) is 6.49. The van der Waals surface area contributed by atoms with E-state index in [1.54, 1.807) is 67.8 Å². The number of amides is 6. The largest absolute Gasteiger partial charge is 0.454 e. The molecule has 2 aliphatic rings. The lowest BCUT2D eigenvalue weighted by atomic mass is 9.85. The second kappa shape index (κ2) is 26.7. The minimum absolute atomic E-state index is 0.0555. The standard InChI is InChI=1S/C58H66F2N10O11S/c1-34(36-7-9-37(10-8-36)50-35(2)63-33-82-50)65-53(74)47-25-41(71)31-70(47)54(75)51(57(3,4)5)68-49(72)32-80-24-23-79-22-21-78-20-19-62-52(73)38-11-13-40(14-12-38)66-55(76)58(16-17-58)56(77)67-46-27-44(60)48(28-43(46)59)81-42-15-18-61-45(26-42)39-29-64-69(6)30-39/h7-15,18,26-30,33-34,41,47,51,71H,16-17,19-25,31-32H2,1-6H3,(H,62,73)(H,65,74)(H,66,76)(H,67,77)(H,68,72)/t34-,41+,47-,51+/m0/s1. The number of likely N-dealkylation sites (tertiary alicyclic amines) is 1. The minimum atomic E-state index is -1.51. The number of nitrogens with one attached hydrogen (secondary N) is 5. The number of hydrogen-bond donors (Lipinski definition) is 6. The first-order valence-electron chi connectivity index (χ1n) is 26.6. The number of aliphatic hydroxyl groups is 1. The van der Waals surface area contributed by atoms with Crippen molar-refractivity contribution in [3.63, 3.8) is 0 Å². The first kappa shape index (κ1) is 60.1. The van der Waals surface area contributed by atoms with E-state index in [0.717, 1.165) is 33.8 Å².